The van der Waals surface area contributed by atoms with Gasteiger partial charge in [0, 0.05) is 5.56 Å². The molecule has 0 bridgehead atoms. The summed E-state index contributed by atoms with van der Waals surface area (Å²) in [6, 6.07) is 15.6. The molecular formula is C13H11NaO4S. The van der Waals surface area contributed by atoms with E-state index in [0.717, 1.165) is 0 Å². The monoisotopic (exact) mass is 286 g/mol. The summed E-state index contributed by atoms with van der Waals surface area (Å²) in [7, 11) is -4.31. The van der Waals surface area contributed by atoms with E-state index in [-0.39, 0.29) is 40.9 Å². The van der Waals surface area contributed by atoms with Gasteiger partial charge >= 0.3 is 44.8 Å². The molecule has 0 N–H and O–H groups in total. The second-order valence-corrected chi connectivity index (χ2v) is 4.95. The number of hydrogen-bond donors (Lipinski definition) is 0. The van der Waals surface area contributed by atoms with Crippen LogP contribution >= 0.6 is 0 Å². The van der Waals surface area contributed by atoms with Crippen molar-refractivity contribution < 1.29 is 17.4 Å². The van der Waals surface area contributed by atoms with Crippen LogP contribution in [0.4, 0.5) is 0 Å². The van der Waals surface area contributed by atoms with E-state index in [2.05, 4.69) is 0 Å². The van der Waals surface area contributed by atoms with Gasteiger partial charge in [0.2, 0.25) is 0 Å². The third-order valence-electron chi connectivity index (χ3n) is 2.19. The van der Waals surface area contributed by atoms with Crippen molar-refractivity contribution in [2.45, 2.75) is 0 Å². The SMILES string of the molecule is O=C(c1ccccc1)S(=O)(=O)Oc1ccccc1.[NaH]. The van der Waals surface area contributed by atoms with Crippen molar-refractivity contribution in [3.8, 4) is 5.75 Å². The Kier molecular flexibility index (Phi) is 5.75. The molecule has 0 amide bonds. The Labute approximate surface area is 133 Å². The molecule has 94 valence electrons. The summed E-state index contributed by atoms with van der Waals surface area (Å²) in [6.45, 7) is 0. The summed E-state index contributed by atoms with van der Waals surface area (Å²) in [5.41, 5.74) is 0.0773. The van der Waals surface area contributed by atoms with Crippen molar-refractivity contribution in [2.75, 3.05) is 0 Å². The van der Waals surface area contributed by atoms with Gasteiger partial charge in [-0.2, -0.15) is 8.42 Å². The Morgan fingerprint density at radius 1 is 0.842 bits per heavy atom. The van der Waals surface area contributed by atoms with Gasteiger partial charge in [-0.25, -0.2) is 0 Å². The first-order valence-electron chi connectivity index (χ1n) is 5.18. The van der Waals surface area contributed by atoms with Crippen LogP contribution in [0, 0.1) is 0 Å². The van der Waals surface area contributed by atoms with E-state index in [4.69, 9.17) is 4.18 Å². The molecule has 0 spiro atoms. The average molecular weight is 286 g/mol. The van der Waals surface area contributed by atoms with Crippen molar-refractivity contribution in [1.29, 1.82) is 0 Å². The van der Waals surface area contributed by atoms with Gasteiger partial charge in [-0.15, -0.1) is 0 Å². The van der Waals surface area contributed by atoms with Crippen LogP contribution in [0.25, 0.3) is 0 Å². The van der Waals surface area contributed by atoms with Crippen molar-refractivity contribution in [1.82, 2.24) is 0 Å². The van der Waals surface area contributed by atoms with Crippen LogP contribution in [0.15, 0.2) is 60.7 Å². The van der Waals surface area contributed by atoms with Gasteiger partial charge in [0.05, 0.1) is 0 Å². The summed E-state index contributed by atoms with van der Waals surface area (Å²) < 4.78 is 28.2. The number of para-hydroxylation sites is 1. The predicted octanol–water partition coefficient (Wildman–Crippen LogP) is 1.59. The molecule has 2 aromatic carbocycles. The second kappa shape index (κ2) is 6.86. The number of rotatable bonds is 3. The zero-order chi connectivity index (χ0) is 13.0. The standard InChI is InChI=1S/C13H10O4S.Na.H/c14-13(11-7-3-1-4-8-11)18(15,16)17-12-9-5-2-6-10-12;;/h1-10H;;. The molecule has 0 atom stereocenters. The van der Waals surface area contributed by atoms with Crippen LogP contribution in [0.1, 0.15) is 10.4 Å². The van der Waals surface area contributed by atoms with Crippen molar-refractivity contribution in [2.24, 2.45) is 0 Å². The number of hydrogen-bond acceptors (Lipinski definition) is 4. The minimum atomic E-state index is -4.31. The normalized spacial score (nSPS) is 10.3. The Balaban J connectivity index is 0.00000180. The zero-order valence-electron chi connectivity index (χ0n) is 9.31. The van der Waals surface area contributed by atoms with Gasteiger partial charge in [-0.05, 0) is 12.1 Å². The van der Waals surface area contributed by atoms with E-state index < -0.39 is 15.2 Å². The molecular weight excluding hydrogens is 275 g/mol. The molecule has 0 saturated carbocycles. The minimum absolute atomic E-state index is 0. The van der Waals surface area contributed by atoms with E-state index in [9.17, 15) is 13.2 Å². The molecule has 0 fully saturated rings. The van der Waals surface area contributed by atoms with Gasteiger partial charge in [0.25, 0.3) is 0 Å². The summed E-state index contributed by atoms with van der Waals surface area (Å²) >= 11 is 0. The van der Waals surface area contributed by atoms with E-state index in [1.54, 1.807) is 36.4 Å². The quantitative estimate of drug-likeness (QED) is 0.635. The van der Waals surface area contributed by atoms with Gasteiger partial charge in [-0.1, -0.05) is 48.5 Å². The van der Waals surface area contributed by atoms with Crippen LogP contribution in [0.5, 0.6) is 5.75 Å². The second-order valence-electron chi connectivity index (χ2n) is 3.50. The van der Waals surface area contributed by atoms with Crippen LogP contribution < -0.4 is 4.18 Å². The summed E-state index contributed by atoms with van der Waals surface area (Å²) in [5.74, 6) is 0.113. The topological polar surface area (TPSA) is 60.4 Å². The van der Waals surface area contributed by atoms with Crippen molar-refractivity contribution in [3.63, 3.8) is 0 Å². The van der Waals surface area contributed by atoms with Crippen LogP contribution in [-0.2, 0) is 10.1 Å². The maximum atomic E-state index is 11.8. The van der Waals surface area contributed by atoms with Crippen LogP contribution in [-0.4, -0.2) is 43.1 Å². The molecule has 0 aliphatic rings. The molecule has 4 nitrogen and oxygen atoms in total. The van der Waals surface area contributed by atoms with Gasteiger partial charge < -0.3 is 4.18 Å². The van der Waals surface area contributed by atoms with Gasteiger partial charge in [0.1, 0.15) is 5.75 Å². The maximum absolute atomic E-state index is 11.8. The first-order valence-corrected chi connectivity index (χ1v) is 6.59. The fourth-order valence-electron chi connectivity index (χ4n) is 1.36. The Hall–Kier alpha value is -1.14. The Bertz CT molecular complexity index is 639. The first kappa shape index (κ1) is 15.9. The van der Waals surface area contributed by atoms with E-state index in [1.165, 1.54) is 24.3 Å². The zero-order valence-corrected chi connectivity index (χ0v) is 10.1. The molecule has 2 aromatic rings. The fourth-order valence-corrected chi connectivity index (χ4v) is 2.22. The Morgan fingerprint density at radius 2 is 1.32 bits per heavy atom. The average Bonchev–Trinajstić information content (AvgIpc) is 2.39. The van der Waals surface area contributed by atoms with Gasteiger partial charge in [0.15, 0.2) is 0 Å². The summed E-state index contributed by atoms with van der Waals surface area (Å²) in [5, 5.41) is -1.05. The van der Waals surface area contributed by atoms with E-state index in [1.807, 2.05) is 0 Å². The van der Waals surface area contributed by atoms with E-state index in [0.29, 0.717) is 0 Å². The van der Waals surface area contributed by atoms with Crippen LogP contribution in [0.2, 0.25) is 0 Å². The van der Waals surface area contributed by atoms with Crippen molar-refractivity contribution in [3.05, 3.63) is 66.2 Å². The molecule has 6 heteroatoms. The molecule has 0 heterocycles. The molecule has 0 aromatic heterocycles. The molecule has 19 heavy (non-hydrogen) atoms. The van der Waals surface area contributed by atoms with Crippen molar-refractivity contribution >= 4 is 44.8 Å². The molecule has 0 radical (unpaired) electrons. The fraction of sp³-hybridized carbons (Fsp3) is 0. The Morgan fingerprint density at radius 3 is 1.84 bits per heavy atom. The predicted molar refractivity (Wildman–Crippen MR) is 73.9 cm³/mol. The first-order chi connectivity index (χ1) is 8.59. The van der Waals surface area contributed by atoms with Crippen LogP contribution in [0.3, 0.4) is 0 Å². The summed E-state index contributed by atoms with van der Waals surface area (Å²) in [6.07, 6.45) is 0. The summed E-state index contributed by atoms with van der Waals surface area (Å²) in [4.78, 5) is 11.8. The number of carbonyl (C=O) groups excluding carboxylic acids is 1. The molecule has 2 rings (SSSR count). The third-order valence-corrected chi connectivity index (χ3v) is 3.29. The molecule has 0 saturated heterocycles. The number of carbonyl (C=O) groups is 1. The molecule has 0 aliphatic carbocycles. The molecule has 0 aliphatic heterocycles. The third kappa shape index (κ3) is 4.18. The van der Waals surface area contributed by atoms with Gasteiger partial charge in [-0.3, -0.25) is 4.79 Å². The molecule has 0 unspecified atom stereocenters. The van der Waals surface area contributed by atoms with E-state index >= 15 is 0 Å². The number of benzene rings is 2.